The number of fused-ring (bicyclic) bond motifs is 1. The van der Waals surface area contributed by atoms with Crippen molar-refractivity contribution in [2.45, 2.75) is 51.1 Å². The number of hydrogen-bond donors (Lipinski definition) is 1. The van der Waals surface area contributed by atoms with Crippen molar-refractivity contribution in [3.05, 3.63) is 142 Å². The SMILES string of the molecule is Cc1ccc(C2(c3ccc(C)cc3)OP(=O)(O)OC(c3ccc(C)cc3)(c3ccc(C)cc3)C3OCOC32)cc1. The molecule has 40 heavy (non-hydrogen) atoms. The summed E-state index contributed by atoms with van der Waals surface area (Å²) in [7, 11) is -4.80. The topological polar surface area (TPSA) is 74.2 Å². The minimum Gasteiger partial charge on any atom is -0.346 e. The van der Waals surface area contributed by atoms with Gasteiger partial charge in [-0.1, -0.05) is 119 Å². The molecule has 0 spiro atoms. The van der Waals surface area contributed by atoms with Crippen molar-refractivity contribution in [3.63, 3.8) is 0 Å². The van der Waals surface area contributed by atoms with Crippen molar-refractivity contribution in [1.29, 1.82) is 0 Å². The Morgan fingerprint density at radius 2 is 0.800 bits per heavy atom. The predicted octanol–water partition coefficient (Wildman–Crippen LogP) is 7.00. The van der Waals surface area contributed by atoms with E-state index in [2.05, 4.69) is 0 Å². The van der Waals surface area contributed by atoms with Crippen LogP contribution in [0.3, 0.4) is 0 Å². The fourth-order valence-corrected chi connectivity index (χ4v) is 7.31. The van der Waals surface area contributed by atoms with Crippen LogP contribution in [-0.2, 0) is 34.3 Å². The Labute approximate surface area is 235 Å². The Hall–Kier alpha value is -3.09. The summed E-state index contributed by atoms with van der Waals surface area (Å²) in [6.07, 6.45) is -1.69. The Balaban J connectivity index is 1.68. The number of phosphoric ester groups is 1. The molecule has 2 unspecified atom stereocenters. The van der Waals surface area contributed by atoms with E-state index in [0.29, 0.717) is 22.3 Å². The molecule has 2 heterocycles. The Kier molecular flexibility index (Phi) is 6.82. The van der Waals surface area contributed by atoms with E-state index in [0.717, 1.165) is 22.3 Å². The van der Waals surface area contributed by atoms with Crippen LogP contribution in [0.2, 0.25) is 0 Å². The molecule has 0 saturated carbocycles. The molecule has 0 radical (unpaired) electrons. The van der Waals surface area contributed by atoms with Crippen LogP contribution in [0.15, 0.2) is 97.1 Å². The highest BCUT2D eigenvalue weighted by Crippen LogP contribution is 2.65. The number of hydrogen-bond acceptors (Lipinski definition) is 5. The summed E-state index contributed by atoms with van der Waals surface area (Å²) in [5.74, 6) is 0. The van der Waals surface area contributed by atoms with Gasteiger partial charge >= 0.3 is 7.82 Å². The first-order valence-corrected chi connectivity index (χ1v) is 14.9. The minimum absolute atomic E-state index is 0.0310. The third-order valence-corrected chi connectivity index (χ3v) is 9.05. The van der Waals surface area contributed by atoms with Gasteiger partial charge in [0.25, 0.3) is 0 Å². The van der Waals surface area contributed by atoms with Crippen molar-refractivity contribution in [2.24, 2.45) is 0 Å². The lowest BCUT2D eigenvalue weighted by molar-refractivity contribution is -0.0575. The average Bonchev–Trinajstić information content (AvgIpc) is 3.40. The van der Waals surface area contributed by atoms with Gasteiger partial charge in [0.05, 0.1) is 0 Å². The Morgan fingerprint density at radius 3 is 1.05 bits per heavy atom. The third kappa shape index (κ3) is 4.46. The van der Waals surface area contributed by atoms with Crippen molar-refractivity contribution in [1.82, 2.24) is 0 Å². The lowest BCUT2D eigenvalue weighted by Gasteiger charge is -2.41. The predicted molar refractivity (Wildman–Crippen MR) is 153 cm³/mol. The molecule has 2 atom stereocenters. The monoisotopic (exact) mass is 556 g/mol. The van der Waals surface area contributed by atoms with E-state index in [-0.39, 0.29) is 6.79 Å². The van der Waals surface area contributed by atoms with E-state index in [4.69, 9.17) is 18.5 Å². The van der Waals surface area contributed by atoms with Gasteiger partial charge in [0, 0.05) is 0 Å². The molecular weight excluding hydrogens is 523 g/mol. The van der Waals surface area contributed by atoms with E-state index in [1.54, 1.807) is 0 Å². The zero-order valence-corrected chi connectivity index (χ0v) is 23.9. The second-order valence-electron chi connectivity index (χ2n) is 10.9. The van der Waals surface area contributed by atoms with Crippen molar-refractivity contribution >= 4 is 7.82 Å². The van der Waals surface area contributed by atoms with Gasteiger partial charge < -0.3 is 14.4 Å². The van der Waals surface area contributed by atoms with Crippen LogP contribution in [0.1, 0.15) is 44.5 Å². The maximum Gasteiger partial charge on any atom is 0.474 e. The quantitative estimate of drug-likeness (QED) is 0.273. The first kappa shape index (κ1) is 27.1. The van der Waals surface area contributed by atoms with Gasteiger partial charge in [0.15, 0.2) is 11.2 Å². The average molecular weight is 557 g/mol. The molecule has 6 nitrogen and oxygen atoms in total. The molecule has 2 saturated heterocycles. The van der Waals surface area contributed by atoms with Crippen molar-refractivity contribution in [2.75, 3.05) is 6.79 Å². The van der Waals surface area contributed by atoms with Gasteiger partial charge in [-0.25, -0.2) is 4.57 Å². The lowest BCUT2D eigenvalue weighted by atomic mass is 9.71. The molecule has 6 rings (SSSR count). The van der Waals surface area contributed by atoms with Gasteiger partial charge in [0.2, 0.25) is 0 Å². The largest absolute Gasteiger partial charge is 0.474 e. The fraction of sp³-hybridized carbons (Fsp3) is 0.273. The fourth-order valence-electron chi connectivity index (χ4n) is 5.91. The molecular formula is C33H33O6P. The molecule has 1 N–H and O–H groups in total. The molecule has 0 aromatic heterocycles. The zero-order valence-electron chi connectivity index (χ0n) is 23.0. The number of rotatable bonds is 4. The molecule has 7 heteroatoms. The smallest absolute Gasteiger partial charge is 0.346 e. The number of ether oxygens (including phenoxy) is 2. The standard InChI is InChI=1S/C33H33O6P/c1-22-5-13-26(14-6-22)32(27-15-7-23(2)8-16-27)30-31(37-21-36-30)33(39-40(34,35)38-32,28-17-9-24(3)10-18-28)29-19-11-25(4)12-20-29/h5-20,30-31H,21H2,1-4H3,(H,34,35). The van der Waals surface area contributed by atoms with Gasteiger partial charge in [-0.05, 0) is 49.9 Å². The summed E-state index contributed by atoms with van der Waals surface area (Å²) >= 11 is 0. The van der Waals surface area contributed by atoms with E-state index < -0.39 is 31.2 Å². The molecule has 2 aliphatic rings. The number of aryl methyl sites for hydroxylation is 4. The van der Waals surface area contributed by atoms with E-state index in [1.165, 1.54) is 0 Å². The Morgan fingerprint density at radius 1 is 0.550 bits per heavy atom. The molecule has 2 fully saturated rings. The maximum atomic E-state index is 14.3. The third-order valence-electron chi connectivity index (χ3n) is 8.01. The van der Waals surface area contributed by atoms with Crippen LogP contribution in [0.5, 0.6) is 0 Å². The molecule has 4 aromatic carbocycles. The minimum atomic E-state index is -4.80. The van der Waals surface area contributed by atoms with Crippen LogP contribution in [-0.4, -0.2) is 23.9 Å². The van der Waals surface area contributed by atoms with Gasteiger partial charge in [-0.15, -0.1) is 0 Å². The molecule has 206 valence electrons. The highest BCUT2D eigenvalue weighted by atomic mass is 31.2. The second kappa shape index (κ2) is 10.1. The molecule has 0 aliphatic carbocycles. The summed E-state index contributed by atoms with van der Waals surface area (Å²) < 4.78 is 39.8. The summed E-state index contributed by atoms with van der Waals surface area (Å²) in [6.45, 7) is 7.95. The van der Waals surface area contributed by atoms with Crippen molar-refractivity contribution < 1.29 is 28.0 Å². The molecule has 0 bridgehead atoms. The van der Waals surface area contributed by atoms with Gasteiger partial charge in [-0.3, -0.25) is 9.05 Å². The summed E-state index contributed by atoms with van der Waals surface area (Å²) in [5, 5.41) is 0. The highest BCUT2D eigenvalue weighted by Gasteiger charge is 2.66. The first-order chi connectivity index (χ1) is 19.1. The summed E-state index contributed by atoms with van der Waals surface area (Å²) in [6, 6.07) is 31.0. The van der Waals surface area contributed by atoms with Gasteiger partial charge in [-0.2, -0.15) is 0 Å². The molecule has 2 aliphatic heterocycles. The van der Waals surface area contributed by atoms with Crippen LogP contribution in [0.4, 0.5) is 0 Å². The van der Waals surface area contributed by atoms with E-state index in [9.17, 15) is 9.46 Å². The van der Waals surface area contributed by atoms with E-state index >= 15 is 0 Å². The Bertz CT molecular complexity index is 1340. The maximum absolute atomic E-state index is 14.3. The lowest BCUT2D eigenvalue weighted by Crippen LogP contribution is -2.53. The van der Waals surface area contributed by atoms with Crippen LogP contribution in [0, 0.1) is 27.7 Å². The van der Waals surface area contributed by atoms with Crippen LogP contribution >= 0.6 is 7.82 Å². The first-order valence-electron chi connectivity index (χ1n) is 13.4. The summed E-state index contributed by atoms with van der Waals surface area (Å²) in [4.78, 5) is 11.6. The summed E-state index contributed by atoms with van der Waals surface area (Å²) in [5.41, 5.74) is 3.86. The highest BCUT2D eigenvalue weighted by molar-refractivity contribution is 7.47. The second-order valence-corrected chi connectivity index (χ2v) is 12.2. The van der Waals surface area contributed by atoms with E-state index in [1.807, 2.05) is 125 Å². The number of phosphoric acid groups is 1. The zero-order chi connectivity index (χ0) is 28.1. The molecule has 0 amide bonds. The van der Waals surface area contributed by atoms with Crippen molar-refractivity contribution in [3.8, 4) is 0 Å². The normalized spacial score (nSPS) is 25.2. The van der Waals surface area contributed by atoms with Crippen LogP contribution < -0.4 is 0 Å². The van der Waals surface area contributed by atoms with Gasteiger partial charge in [0.1, 0.15) is 19.0 Å². The molecule has 4 aromatic rings. The number of benzene rings is 4. The van der Waals surface area contributed by atoms with Crippen LogP contribution in [0.25, 0.3) is 0 Å².